The first kappa shape index (κ1) is 16.4. The molecule has 0 aliphatic carbocycles. The van der Waals surface area contributed by atoms with Crippen LogP contribution in [0.1, 0.15) is 5.56 Å². The van der Waals surface area contributed by atoms with Gasteiger partial charge in [-0.2, -0.15) is 0 Å². The van der Waals surface area contributed by atoms with Crippen LogP contribution >= 0.6 is 0 Å². The number of allylic oxidation sites excluding steroid dienone is 3. The van der Waals surface area contributed by atoms with Gasteiger partial charge in [0.15, 0.2) is 0 Å². The molecule has 0 heterocycles. The third-order valence-corrected chi connectivity index (χ3v) is 2.64. The molecule has 3 nitrogen and oxygen atoms in total. The molecule has 0 aliphatic heterocycles. The van der Waals surface area contributed by atoms with Crippen molar-refractivity contribution < 1.29 is 14.9 Å². The minimum absolute atomic E-state index is 0.00974. The van der Waals surface area contributed by atoms with Gasteiger partial charge in [0.05, 0.1) is 26.4 Å². The van der Waals surface area contributed by atoms with E-state index in [2.05, 4.69) is 12.1 Å². The van der Waals surface area contributed by atoms with Crippen molar-refractivity contribution in [3.8, 4) is 0 Å². The summed E-state index contributed by atoms with van der Waals surface area (Å²) in [7, 11) is 0. The summed E-state index contributed by atoms with van der Waals surface area (Å²) in [5, 5.41) is 17.6. The highest BCUT2D eigenvalue weighted by atomic mass is 16.5. The lowest BCUT2D eigenvalue weighted by atomic mass is 10.2. The summed E-state index contributed by atoms with van der Waals surface area (Å²) in [5.74, 6) is 0. The Hall–Kier alpha value is -1.68. The van der Waals surface area contributed by atoms with E-state index in [-0.39, 0.29) is 13.2 Å². The number of aliphatic hydroxyl groups is 2. The molecule has 0 spiro atoms. The van der Waals surface area contributed by atoms with E-state index in [0.29, 0.717) is 13.2 Å². The first-order valence-corrected chi connectivity index (χ1v) is 6.73. The highest BCUT2D eigenvalue weighted by molar-refractivity contribution is 5.30. The Bertz CT molecular complexity index is 433. The van der Waals surface area contributed by atoms with Gasteiger partial charge in [0.1, 0.15) is 0 Å². The van der Waals surface area contributed by atoms with Crippen LogP contribution in [0.4, 0.5) is 0 Å². The molecule has 0 aliphatic rings. The van der Waals surface area contributed by atoms with E-state index < -0.39 is 0 Å². The molecule has 20 heavy (non-hydrogen) atoms. The molecule has 0 saturated heterocycles. The maximum absolute atomic E-state index is 8.86. The molecular weight excluding hydrogens is 252 g/mol. The first-order valence-electron chi connectivity index (χ1n) is 6.73. The fraction of sp³-hybridized carbons (Fsp3) is 0.294. The van der Waals surface area contributed by atoms with Crippen molar-refractivity contribution in [3.63, 3.8) is 0 Å². The summed E-state index contributed by atoms with van der Waals surface area (Å²) in [5.41, 5.74) is 2.12. The molecule has 108 valence electrons. The Kier molecular flexibility index (Phi) is 9.15. The number of aliphatic hydroxyl groups excluding tert-OH is 2. The van der Waals surface area contributed by atoms with Gasteiger partial charge in [0.2, 0.25) is 0 Å². The van der Waals surface area contributed by atoms with Gasteiger partial charge in [-0.05, 0) is 17.6 Å². The van der Waals surface area contributed by atoms with Crippen molar-refractivity contribution in [3.05, 3.63) is 71.8 Å². The Morgan fingerprint density at radius 1 is 1.00 bits per heavy atom. The molecule has 1 aromatic rings. The number of rotatable bonds is 9. The molecular formula is C17H22O3. The molecule has 1 aromatic carbocycles. The van der Waals surface area contributed by atoms with Crippen molar-refractivity contribution in [1.29, 1.82) is 0 Å². The van der Waals surface area contributed by atoms with Crippen LogP contribution in [-0.4, -0.2) is 36.6 Å². The molecule has 0 fully saturated rings. The Balaban J connectivity index is 2.23. The molecule has 0 unspecified atom stereocenters. The molecule has 1 rings (SSSR count). The van der Waals surface area contributed by atoms with Gasteiger partial charge in [-0.25, -0.2) is 0 Å². The number of hydrogen-bond donors (Lipinski definition) is 2. The van der Waals surface area contributed by atoms with Crippen molar-refractivity contribution in [2.45, 2.75) is 6.42 Å². The average molecular weight is 274 g/mol. The van der Waals surface area contributed by atoms with E-state index in [1.54, 1.807) is 18.2 Å². The van der Waals surface area contributed by atoms with E-state index in [1.165, 1.54) is 5.56 Å². The highest BCUT2D eigenvalue weighted by Gasteiger charge is 1.91. The van der Waals surface area contributed by atoms with Crippen LogP contribution in [0.25, 0.3) is 0 Å². The number of hydrogen-bond acceptors (Lipinski definition) is 3. The van der Waals surface area contributed by atoms with Gasteiger partial charge in [0, 0.05) is 0 Å². The monoisotopic (exact) mass is 274 g/mol. The lowest BCUT2D eigenvalue weighted by Gasteiger charge is -2.01. The van der Waals surface area contributed by atoms with Crippen LogP contribution in [0.3, 0.4) is 0 Å². The summed E-state index contributed by atoms with van der Waals surface area (Å²) in [6, 6.07) is 10.2. The first-order chi connectivity index (χ1) is 9.86. The standard InChI is InChI=1S/C17H22O3/c18-12-4-8-16(10-13-19)9-5-14-20-15-11-17-6-2-1-3-7-17/h1-10,18-19H,11-15H2/b8-4-,9-5+,16-10+. The fourth-order valence-corrected chi connectivity index (χ4v) is 1.66. The Morgan fingerprint density at radius 2 is 1.75 bits per heavy atom. The van der Waals surface area contributed by atoms with Gasteiger partial charge >= 0.3 is 0 Å². The molecule has 0 bridgehead atoms. The molecule has 0 radical (unpaired) electrons. The summed E-state index contributed by atoms with van der Waals surface area (Å²) in [6.07, 6.45) is 9.73. The topological polar surface area (TPSA) is 49.7 Å². The van der Waals surface area contributed by atoms with E-state index >= 15 is 0 Å². The molecule has 0 saturated carbocycles. The third kappa shape index (κ3) is 7.69. The minimum Gasteiger partial charge on any atom is -0.392 e. The Labute approximate surface area is 120 Å². The van der Waals surface area contributed by atoms with Crippen molar-refractivity contribution >= 4 is 0 Å². The molecule has 0 aromatic heterocycles. The summed E-state index contributed by atoms with van der Waals surface area (Å²) in [6.45, 7) is 1.18. The van der Waals surface area contributed by atoms with Crippen molar-refractivity contribution in [2.75, 3.05) is 26.4 Å². The second-order valence-corrected chi connectivity index (χ2v) is 4.18. The minimum atomic E-state index is -0.0235. The lowest BCUT2D eigenvalue weighted by Crippen LogP contribution is -1.98. The maximum Gasteiger partial charge on any atom is 0.0650 e. The highest BCUT2D eigenvalue weighted by Crippen LogP contribution is 2.01. The van der Waals surface area contributed by atoms with E-state index in [4.69, 9.17) is 14.9 Å². The van der Waals surface area contributed by atoms with Crippen LogP contribution in [0, 0.1) is 0 Å². The van der Waals surface area contributed by atoms with Gasteiger partial charge < -0.3 is 14.9 Å². The van der Waals surface area contributed by atoms with E-state index in [9.17, 15) is 0 Å². The third-order valence-electron chi connectivity index (χ3n) is 2.64. The quantitative estimate of drug-likeness (QED) is 0.536. The molecule has 0 atom stereocenters. The van der Waals surface area contributed by atoms with Crippen LogP contribution in [0.15, 0.2) is 66.3 Å². The van der Waals surface area contributed by atoms with Gasteiger partial charge in [0.25, 0.3) is 0 Å². The van der Waals surface area contributed by atoms with Crippen LogP contribution in [0.5, 0.6) is 0 Å². The van der Waals surface area contributed by atoms with Crippen LogP contribution in [-0.2, 0) is 11.2 Å². The predicted octanol–water partition coefficient (Wildman–Crippen LogP) is 2.27. The summed E-state index contributed by atoms with van der Waals surface area (Å²) < 4.78 is 5.52. The molecule has 3 heteroatoms. The maximum atomic E-state index is 8.86. The van der Waals surface area contributed by atoms with Gasteiger partial charge in [-0.15, -0.1) is 0 Å². The smallest absolute Gasteiger partial charge is 0.0650 e. The number of benzene rings is 1. The molecule has 2 N–H and O–H groups in total. The fourth-order valence-electron chi connectivity index (χ4n) is 1.66. The zero-order chi connectivity index (χ0) is 14.5. The Morgan fingerprint density at radius 3 is 2.45 bits per heavy atom. The summed E-state index contributed by atoms with van der Waals surface area (Å²) in [4.78, 5) is 0. The predicted molar refractivity (Wildman–Crippen MR) is 81.5 cm³/mol. The largest absolute Gasteiger partial charge is 0.392 e. The van der Waals surface area contributed by atoms with Gasteiger partial charge in [-0.3, -0.25) is 0 Å². The SMILES string of the molecule is OC\C=C/C(/C=C/COCCc1ccccc1)=C\CO. The van der Waals surface area contributed by atoms with Crippen LogP contribution < -0.4 is 0 Å². The van der Waals surface area contributed by atoms with Crippen molar-refractivity contribution in [2.24, 2.45) is 0 Å². The van der Waals surface area contributed by atoms with E-state index in [0.717, 1.165) is 12.0 Å². The second-order valence-electron chi connectivity index (χ2n) is 4.18. The van der Waals surface area contributed by atoms with Gasteiger partial charge in [-0.1, -0.05) is 60.7 Å². The number of ether oxygens (including phenoxy) is 1. The van der Waals surface area contributed by atoms with Crippen molar-refractivity contribution in [1.82, 2.24) is 0 Å². The average Bonchev–Trinajstić information content (AvgIpc) is 2.49. The molecule has 0 amide bonds. The zero-order valence-corrected chi connectivity index (χ0v) is 11.6. The lowest BCUT2D eigenvalue weighted by molar-refractivity contribution is 0.166. The summed E-state index contributed by atoms with van der Waals surface area (Å²) >= 11 is 0. The normalized spacial score (nSPS) is 12.6. The zero-order valence-electron chi connectivity index (χ0n) is 11.6. The second kappa shape index (κ2) is 11.2. The van der Waals surface area contributed by atoms with Crippen LogP contribution in [0.2, 0.25) is 0 Å². The van der Waals surface area contributed by atoms with E-state index in [1.807, 2.05) is 30.4 Å².